The molecule has 0 radical (unpaired) electrons. The maximum Gasteiger partial charge on any atom is 0.120 e. The number of rotatable bonds is 4. The van der Waals surface area contributed by atoms with E-state index in [0.29, 0.717) is 12.2 Å². The van der Waals surface area contributed by atoms with Crippen molar-refractivity contribution in [2.75, 3.05) is 19.7 Å². The first-order chi connectivity index (χ1) is 7.83. The second-order valence-electron chi connectivity index (χ2n) is 4.33. The Bertz CT molecular complexity index is 334. The smallest absolute Gasteiger partial charge is 0.120 e. The SMILES string of the molecule is OCCC(c1ccccc1O)N1CCCC1. The summed E-state index contributed by atoms with van der Waals surface area (Å²) in [6, 6.07) is 7.60. The Morgan fingerprint density at radius 2 is 1.88 bits per heavy atom. The van der Waals surface area contributed by atoms with Crippen LogP contribution < -0.4 is 0 Å². The molecule has 16 heavy (non-hydrogen) atoms. The first kappa shape index (κ1) is 11.4. The van der Waals surface area contributed by atoms with Gasteiger partial charge < -0.3 is 10.2 Å². The first-order valence-electron chi connectivity index (χ1n) is 5.95. The molecular formula is C13H19NO2. The topological polar surface area (TPSA) is 43.7 Å². The van der Waals surface area contributed by atoms with Gasteiger partial charge in [0.25, 0.3) is 0 Å². The fraction of sp³-hybridized carbons (Fsp3) is 0.538. The normalized spacial score (nSPS) is 18.8. The number of aromatic hydroxyl groups is 1. The highest BCUT2D eigenvalue weighted by Crippen LogP contribution is 2.32. The molecule has 3 nitrogen and oxygen atoms in total. The highest BCUT2D eigenvalue weighted by atomic mass is 16.3. The number of hydrogen-bond donors (Lipinski definition) is 2. The van der Waals surface area contributed by atoms with Gasteiger partial charge in [-0.1, -0.05) is 18.2 Å². The van der Waals surface area contributed by atoms with Gasteiger partial charge in [-0.15, -0.1) is 0 Å². The van der Waals surface area contributed by atoms with E-state index in [1.165, 1.54) is 12.8 Å². The van der Waals surface area contributed by atoms with Gasteiger partial charge in [0, 0.05) is 18.2 Å². The average Bonchev–Trinajstić information content (AvgIpc) is 2.80. The van der Waals surface area contributed by atoms with E-state index >= 15 is 0 Å². The van der Waals surface area contributed by atoms with Crippen molar-refractivity contribution < 1.29 is 10.2 Å². The van der Waals surface area contributed by atoms with Crippen molar-refractivity contribution in [3.63, 3.8) is 0 Å². The minimum atomic E-state index is 0.161. The second kappa shape index (κ2) is 5.32. The fourth-order valence-corrected chi connectivity index (χ4v) is 2.48. The standard InChI is InChI=1S/C13H19NO2/c15-10-7-12(14-8-3-4-9-14)11-5-1-2-6-13(11)16/h1-2,5-6,12,15-16H,3-4,7-10H2. The van der Waals surface area contributed by atoms with Gasteiger partial charge in [-0.3, -0.25) is 4.90 Å². The van der Waals surface area contributed by atoms with Crippen LogP contribution in [0.5, 0.6) is 5.75 Å². The predicted octanol–water partition coefficient (Wildman–Crippen LogP) is 1.91. The maximum absolute atomic E-state index is 9.86. The van der Waals surface area contributed by atoms with Crippen LogP contribution in [0.1, 0.15) is 30.9 Å². The van der Waals surface area contributed by atoms with Crippen molar-refractivity contribution >= 4 is 0 Å². The van der Waals surface area contributed by atoms with Crippen molar-refractivity contribution in [3.8, 4) is 5.75 Å². The van der Waals surface area contributed by atoms with E-state index in [4.69, 9.17) is 5.11 Å². The highest BCUT2D eigenvalue weighted by molar-refractivity contribution is 5.34. The van der Waals surface area contributed by atoms with Crippen LogP contribution in [0.15, 0.2) is 24.3 Å². The zero-order valence-corrected chi connectivity index (χ0v) is 9.47. The van der Waals surface area contributed by atoms with Crippen LogP contribution in [0.3, 0.4) is 0 Å². The molecule has 2 rings (SSSR count). The summed E-state index contributed by atoms with van der Waals surface area (Å²) in [5.74, 6) is 0.341. The quantitative estimate of drug-likeness (QED) is 0.816. The van der Waals surface area contributed by atoms with E-state index in [2.05, 4.69) is 4.90 Å². The summed E-state index contributed by atoms with van der Waals surface area (Å²) in [5, 5.41) is 19.0. The number of likely N-dealkylation sites (tertiary alicyclic amines) is 1. The summed E-state index contributed by atoms with van der Waals surface area (Å²) < 4.78 is 0. The van der Waals surface area contributed by atoms with Crippen molar-refractivity contribution in [1.29, 1.82) is 0 Å². The molecule has 0 aromatic heterocycles. The van der Waals surface area contributed by atoms with Gasteiger partial charge >= 0.3 is 0 Å². The Morgan fingerprint density at radius 3 is 2.50 bits per heavy atom. The van der Waals surface area contributed by atoms with Crippen LogP contribution in [0.2, 0.25) is 0 Å². The zero-order valence-electron chi connectivity index (χ0n) is 9.47. The lowest BCUT2D eigenvalue weighted by atomic mass is 10.0. The number of phenolic OH excluding ortho intramolecular Hbond substituents is 1. The molecule has 1 unspecified atom stereocenters. The van der Waals surface area contributed by atoms with Crippen LogP contribution in [0.25, 0.3) is 0 Å². The van der Waals surface area contributed by atoms with E-state index in [-0.39, 0.29) is 12.6 Å². The molecule has 1 aromatic rings. The van der Waals surface area contributed by atoms with Crippen LogP contribution in [-0.2, 0) is 0 Å². The Labute approximate surface area is 96.3 Å². The lowest BCUT2D eigenvalue weighted by Gasteiger charge is -2.27. The number of para-hydroxylation sites is 1. The molecule has 0 spiro atoms. The zero-order chi connectivity index (χ0) is 11.4. The maximum atomic E-state index is 9.86. The number of aliphatic hydroxyl groups excluding tert-OH is 1. The molecule has 1 saturated heterocycles. The van der Waals surface area contributed by atoms with E-state index in [1.807, 2.05) is 18.2 Å². The Kier molecular flexibility index (Phi) is 3.80. The van der Waals surface area contributed by atoms with Gasteiger partial charge in [0.2, 0.25) is 0 Å². The summed E-state index contributed by atoms with van der Waals surface area (Å²) >= 11 is 0. The molecule has 0 saturated carbocycles. The van der Waals surface area contributed by atoms with Crippen LogP contribution in [0.4, 0.5) is 0 Å². The van der Waals surface area contributed by atoms with Crippen LogP contribution in [0, 0.1) is 0 Å². The lowest BCUT2D eigenvalue weighted by molar-refractivity contribution is 0.183. The number of nitrogens with zero attached hydrogens (tertiary/aromatic N) is 1. The number of aliphatic hydroxyl groups is 1. The third-order valence-electron chi connectivity index (χ3n) is 3.28. The molecule has 88 valence electrons. The van der Waals surface area contributed by atoms with Crippen molar-refractivity contribution in [2.45, 2.75) is 25.3 Å². The summed E-state index contributed by atoms with van der Waals surface area (Å²) in [5.41, 5.74) is 0.943. The van der Waals surface area contributed by atoms with Gasteiger partial charge in [0.05, 0.1) is 0 Å². The van der Waals surface area contributed by atoms with E-state index in [1.54, 1.807) is 6.07 Å². The van der Waals surface area contributed by atoms with Gasteiger partial charge in [0.15, 0.2) is 0 Å². The lowest BCUT2D eigenvalue weighted by Crippen LogP contribution is -2.26. The van der Waals surface area contributed by atoms with Crippen molar-refractivity contribution in [1.82, 2.24) is 4.90 Å². The largest absolute Gasteiger partial charge is 0.508 e. The molecule has 1 fully saturated rings. The third kappa shape index (κ3) is 2.36. The van der Waals surface area contributed by atoms with E-state index in [9.17, 15) is 5.11 Å². The predicted molar refractivity (Wildman–Crippen MR) is 63.4 cm³/mol. The molecule has 1 aliphatic rings. The average molecular weight is 221 g/mol. The molecular weight excluding hydrogens is 202 g/mol. The third-order valence-corrected chi connectivity index (χ3v) is 3.28. The summed E-state index contributed by atoms with van der Waals surface area (Å²) in [7, 11) is 0. The highest BCUT2D eigenvalue weighted by Gasteiger charge is 2.24. The van der Waals surface area contributed by atoms with Crippen LogP contribution in [-0.4, -0.2) is 34.8 Å². The number of phenols is 1. The molecule has 1 atom stereocenters. The molecule has 1 aromatic carbocycles. The number of hydrogen-bond acceptors (Lipinski definition) is 3. The van der Waals surface area contributed by atoms with Crippen molar-refractivity contribution in [3.05, 3.63) is 29.8 Å². The Balaban J connectivity index is 2.21. The molecule has 2 N–H and O–H groups in total. The molecule has 1 heterocycles. The minimum absolute atomic E-state index is 0.161. The second-order valence-corrected chi connectivity index (χ2v) is 4.33. The van der Waals surface area contributed by atoms with Crippen molar-refractivity contribution in [2.24, 2.45) is 0 Å². The molecule has 0 aliphatic carbocycles. The van der Waals surface area contributed by atoms with Gasteiger partial charge in [0.1, 0.15) is 5.75 Å². The Morgan fingerprint density at radius 1 is 1.19 bits per heavy atom. The van der Waals surface area contributed by atoms with Crippen LogP contribution >= 0.6 is 0 Å². The summed E-state index contributed by atoms with van der Waals surface area (Å²) in [4.78, 5) is 2.35. The molecule has 0 bridgehead atoms. The minimum Gasteiger partial charge on any atom is -0.508 e. The monoisotopic (exact) mass is 221 g/mol. The summed E-state index contributed by atoms with van der Waals surface area (Å²) in [6.07, 6.45) is 3.13. The molecule has 1 aliphatic heterocycles. The van der Waals surface area contributed by atoms with Gasteiger partial charge in [-0.25, -0.2) is 0 Å². The molecule has 0 amide bonds. The van der Waals surface area contributed by atoms with E-state index < -0.39 is 0 Å². The Hall–Kier alpha value is -1.06. The van der Waals surface area contributed by atoms with E-state index in [0.717, 1.165) is 18.7 Å². The number of benzene rings is 1. The first-order valence-corrected chi connectivity index (χ1v) is 5.95. The molecule has 3 heteroatoms. The summed E-state index contributed by atoms with van der Waals surface area (Å²) in [6.45, 7) is 2.30. The van der Waals surface area contributed by atoms with Gasteiger partial charge in [-0.2, -0.15) is 0 Å². The fourth-order valence-electron chi connectivity index (χ4n) is 2.48. The van der Waals surface area contributed by atoms with Gasteiger partial charge in [-0.05, 0) is 38.4 Å².